The van der Waals surface area contributed by atoms with E-state index in [1.807, 2.05) is 0 Å². The molecular weight excluding hydrogens is 206 g/mol. The Morgan fingerprint density at radius 2 is 2.06 bits per heavy atom. The number of anilines is 2. The van der Waals surface area contributed by atoms with Gasteiger partial charge in [0.25, 0.3) is 5.91 Å². The van der Waals surface area contributed by atoms with Crippen molar-refractivity contribution in [2.45, 2.75) is 25.0 Å². The molecule has 1 aromatic carbocycles. The minimum absolute atomic E-state index is 0.0550. The monoisotopic (exact) mass is 221 g/mol. The number of amides is 1. The van der Waals surface area contributed by atoms with Gasteiger partial charge in [-0.25, -0.2) is 0 Å². The normalized spacial score (nSPS) is 23.6. The molecule has 1 fully saturated rings. The number of carbonyl (C=O) groups excluding carboxylic acids is 1. The molecule has 0 radical (unpaired) electrons. The number of rotatable bonds is 2. The number of hydrogen-bond acceptors (Lipinski definition) is 4. The van der Waals surface area contributed by atoms with Crippen LogP contribution in [0.3, 0.4) is 0 Å². The van der Waals surface area contributed by atoms with Gasteiger partial charge in [-0.1, -0.05) is 0 Å². The van der Waals surface area contributed by atoms with Crippen molar-refractivity contribution >= 4 is 17.3 Å². The summed E-state index contributed by atoms with van der Waals surface area (Å²) in [5, 5.41) is 11.9. The van der Waals surface area contributed by atoms with Gasteiger partial charge in [0.1, 0.15) is 0 Å². The second-order valence-corrected chi connectivity index (χ2v) is 4.14. The summed E-state index contributed by atoms with van der Waals surface area (Å²) in [5.41, 5.74) is 12.6. The third-order valence-electron chi connectivity index (χ3n) is 2.77. The summed E-state index contributed by atoms with van der Waals surface area (Å²) < 4.78 is 0. The van der Waals surface area contributed by atoms with Crippen molar-refractivity contribution in [2.75, 3.05) is 11.5 Å². The molecule has 1 aromatic rings. The van der Waals surface area contributed by atoms with Gasteiger partial charge in [0.15, 0.2) is 0 Å². The first-order chi connectivity index (χ1) is 7.56. The van der Waals surface area contributed by atoms with E-state index in [2.05, 4.69) is 5.32 Å². The second-order valence-electron chi connectivity index (χ2n) is 4.14. The first-order valence-corrected chi connectivity index (χ1v) is 5.20. The lowest BCUT2D eigenvalue weighted by molar-refractivity contribution is 0.0563. The summed E-state index contributed by atoms with van der Waals surface area (Å²) in [6.45, 7) is 0. The van der Waals surface area contributed by atoms with E-state index in [1.54, 1.807) is 18.2 Å². The fraction of sp³-hybridized carbons (Fsp3) is 0.364. The number of aliphatic hydroxyl groups excluding tert-OH is 1. The van der Waals surface area contributed by atoms with Crippen molar-refractivity contribution < 1.29 is 9.90 Å². The molecule has 0 spiro atoms. The highest BCUT2D eigenvalue weighted by molar-refractivity contribution is 5.99. The molecule has 5 nitrogen and oxygen atoms in total. The Morgan fingerprint density at radius 3 is 2.62 bits per heavy atom. The topological polar surface area (TPSA) is 101 Å². The molecule has 0 heterocycles. The Kier molecular flexibility index (Phi) is 2.70. The van der Waals surface area contributed by atoms with Crippen LogP contribution < -0.4 is 16.8 Å². The molecule has 0 unspecified atom stereocenters. The molecule has 1 aliphatic rings. The smallest absolute Gasteiger partial charge is 0.253 e. The van der Waals surface area contributed by atoms with Gasteiger partial charge in [0.05, 0.1) is 11.7 Å². The summed E-state index contributed by atoms with van der Waals surface area (Å²) in [4.78, 5) is 11.8. The van der Waals surface area contributed by atoms with Gasteiger partial charge in [-0.2, -0.15) is 0 Å². The number of nitrogen functional groups attached to an aromatic ring is 2. The second kappa shape index (κ2) is 4.02. The van der Waals surface area contributed by atoms with Gasteiger partial charge in [-0.15, -0.1) is 0 Å². The Hall–Kier alpha value is -1.75. The molecule has 5 heteroatoms. The largest absolute Gasteiger partial charge is 0.399 e. The maximum atomic E-state index is 11.8. The van der Waals surface area contributed by atoms with Crippen molar-refractivity contribution in [3.8, 4) is 0 Å². The minimum atomic E-state index is -0.283. The molecule has 86 valence electrons. The van der Waals surface area contributed by atoms with Crippen molar-refractivity contribution in [3.05, 3.63) is 23.8 Å². The molecule has 0 atom stereocenters. The third-order valence-corrected chi connectivity index (χ3v) is 2.77. The van der Waals surface area contributed by atoms with Crippen molar-refractivity contribution in [1.29, 1.82) is 0 Å². The van der Waals surface area contributed by atoms with E-state index in [4.69, 9.17) is 16.6 Å². The maximum absolute atomic E-state index is 11.8. The van der Waals surface area contributed by atoms with Gasteiger partial charge in [0.2, 0.25) is 0 Å². The fourth-order valence-electron chi connectivity index (χ4n) is 1.76. The molecule has 0 aliphatic heterocycles. The van der Waals surface area contributed by atoms with Crippen LogP contribution in [0.2, 0.25) is 0 Å². The molecule has 0 aromatic heterocycles. The molecular formula is C11H15N3O2. The van der Waals surface area contributed by atoms with Crippen LogP contribution in [0.25, 0.3) is 0 Å². The van der Waals surface area contributed by atoms with Crippen LogP contribution in [0.15, 0.2) is 18.2 Å². The van der Waals surface area contributed by atoms with Crippen molar-refractivity contribution in [3.63, 3.8) is 0 Å². The van der Waals surface area contributed by atoms with Crippen molar-refractivity contribution in [1.82, 2.24) is 5.32 Å². The van der Waals surface area contributed by atoms with Crippen molar-refractivity contribution in [2.24, 2.45) is 0 Å². The fourth-order valence-corrected chi connectivity index (χ4v) is 1.76. The Labute approximate surface area is 93.4 Å². The van der Waals surface area contributed by atoms with Crippen LogP contribution in [-0.2, 0) is 0 Å². The van der Waals surface area contributed by atoms with Gasteiger partial charge in [-0.3, -0.25) is 4.79 Å². The molecule has 0 bridgehead atoms. The van der Waals surface area contributed by atoms with Crippen LogP contribution in [0.5, 0.6) is 0 Å². The number of nitrogens with two attached hydrogens (primary N) is 2. The highest BCUT2D eigenvalue weighted by Gasteiger charge is 2.28. The number of aliphatic hydroxyl groups is 1. The summed E-state index contributed by atoms with van der Waals surface area (Å²) in [7, 11) is 0. The predicted molar refractivity (Wildman–Crippen MR) is 61.8 cm³/mol. The highest BCUT2D eigenvalue weighted by Crippen LogP contribution is 2.21. The SMILES string of the molecule is Nc1ccc(C(=O)NC2CC(O)C2)c(N)c1. The Balaban J connectivity index is 2.03. The minimum Gasteiger partial charge on any atom is -0.399 e. The van der Waals surface area contributed by atoms with Crippen LogP contribution in [0, 0.1) is 0 Å². The number of carbonyl (C=O) groups is 1. The molecule has 0 saturated heterocycles. The van der Waals surface area contributed by atoms with Crippen LogP contribution in [-0.4, -0.2) is 23.2 Å². The first-order valence-electron chi connectivity index (χ1n) is 5.20. The number of benzene rings is 1. The number of hydrogen-bond donors (Lipinski definition) is 4. The Bertz CT molecular complexity index is 414. The molecule has 16 heavy (non-hydrogen) atoms. The van der Waals surface area contributed by atoms with Gasteiger partial charge >= 0.3 is 0 Å². The average molecular weight is 221 g/mol. The van der Waals surface area contributed by atoms with E-state index in [1.165, 1.54) is 0 Å². The average Bonchev–Trinajstić information content (AvgIpc) is 2.15. The summed E-state index contributed by atoms with van der Waals surface area (Å²) in [6.07, 6.45) is 0.940. The highest BCUT2D eigenvalue weighted by atomic mass is 16.3. The third kappa shape index (κ3) is 2.09. The van der Waals surface area contributed by atoms with Gasteiger partial charge < -0.3 is 21.9 Å². The van der Waals surface area contributed by atoms with E-state index >= 15 is 0 Å². The maximum Gasteiger partial charge on any atom is 0.253 e. The molecule has 1 aliphatic carbocycles. The van der Waals surface area contributed by atoms with Crippen LogP contribution in [0.4, 0.5) is 11.4 Å². The zero-order valence-electron chi connectivity index (χ0n) is 8.81. The lowest BCUT2D eigenvalue weighted by Crippen LogP contribution is -2.46. The zero-order valence-corrected chi connectivity index (χ0v) is 8.81. The first kappa shape index (κ1) is 10.8. The summed E-state index contributed by atoms with van der Waals surface area (Å²) in [5.74, 6) is -0.214. The standard InChI is InChI=1S/C11H15N3O2/c12-6-1-2-9(10(13)3-6)11(16)14-7-4-8(15)5-7/h1-3,7-8,15H,4-5,12-13H2,(H,14,16). The zero-order chi connectivity index (χ0) is 11.7. The van der Waals surface area contributed by atoms with E-state index in [-0.39, 0.29) is 18.1 Å². The van der Waals surface area contributed by atoms with E-state index in [0.29, 0.717) is 29.8 Å². The molecule has 2 rings (SSSR count). The summed E-state index contributed by atoms with van der Waals surface area (Å²) in [6, 6.07) is 4.86. The lowest BCUT2D eigenvalue weighted by atomic mass is 9.89. The van der Waals surface area contributed by atoms with Gasteiger partial charge in [-0.05, 0) is 31.0 Å². The predicted octanol–water partition coefficient (Wildman–Crippen LogP) is 0.104. The Morgan fingerprint density at radius 1 is 1.38 bits per heavy atom. The number of nitrogens with one attached hydrogen (secondary N) is 1. The van der Waals surface area contributed by atoms with E-state index in [9.17, 15) is 4.79 Å². The molecule has 1 amide bonds. The molecule has 6 N–H and O–H groups in total. The quantitative estimate of drug-likeness (QED) is 0.532. The summed E-state index contributed by atoms with van der Waals surface area (Å²) >= 11 is 0. The molecule has 1 saturated carbocycles. The van der Waals surface area contributed by atoms with Gasteiger partial charge in [0, 0.05) is 17.4 Å². The van der Waals surface area contributed by atoms with E-state index in [0.717, 1.165) is 0 Å². The lowest BCUT2D eigenvalue weighted by Gasteiger charge is -2.32. The van der Waals surface area contributed by atoms with Crippen LogP contribution >= 0.6 is 0 Å². The van der Waals surface area contributed by atoms with Crippen LogP contribution in [0.1, 0.15) is 23.2 Å². The van der Waals surface area contributed by atoms with E-state index < -0.39 is 0 Å².